The van der Waals surface area contributed by atoms with Gasteiger partial charge in [-0.05, 0) is 62.1 Å². The Labute approximate surface area is 272 Å². The third-order valence-corrected chi connectivity index (χ3v) is 12.0. The molecule has 0 N–H and O–H groups in total. The Morgan fingerprint density at radius 3 is 2.46 bits per heavy atom. The number of halogens is 3. The number of ether oxygens (including phenoxy) is 5. The lowest BCUT2D eigenvalue weighted by atomic mass is 9.64. The molecule has 4 rings (SSSR count). The first-order chi connectivity index (χ1) is 21.6. The second kappa shape index (κ2) is 15.2. The van der Waals surface area contributed by atoms with Crippen LogP contribution in [0.5, 0.6) is 0 Å². The van der Waals surface area contributed by atoms with Crippen molar-refractivity contribution >= 4 is 18.2 Å². The topological polar surface area (TPSA) is 89.5 Å². The van der Waals surface area contributed by atoms with Gasteiger partial charge in [-0.15, -0.1) is 0 Å². The van der Waals surface area contributed by atoms with Crippen LogP contribution in [0.3, 0.4) is 0 Å². The highest BCUT2D eigenvalue weighted by atomic mass is 32.2. The lowest BCUT2D eigenvalue weighted by Crippen LogP contribution is -2.51. The van der Waals surface area contributed by atoms with Crippen molar-refractivity contribution in [2.45, 2.75) is 102 Å². The summed E-state index contributed by atoms with van der Waals surface area (Å²) in [5, 5.41) is 0. The van der Waals surface area contributed by atoms with Crippen molar-refractivity contribution < 1.29 is 49.5 Å². The van der Waals surface area contributed by atoms with E-state index in [1.807, 2.05) is 50.3 Å². The molecule has 2 aliphatic carbocycles. The fourth-order valence-corrected chi connectivity index (χ4v) is 8.03. The molecular formula is C33H49F3O8SSi. The Morgan fingerprint density at radius 1 is 1.11 bits per heavy atom. The van der Waals surface area contributed by atoms with Gasteiger partial charge in [0.25, 0.3) is 0 Å². The number of rotatable bonds is 16. The maximum atomic E-state index is 13.6. The summed E-state index contributed by atoms with van der Waals surface area (Å²) in [5.41, 5.74) is -3.61. The molecule has 13 heteroatoms. The molecule has 0 unspecified atom stereocenters. The van der Waals surface area contributed by atoms with Gasteiger partial charge in [0.2, 0.25) is 0 Å². The molecule has 1 heterocycles. The highest BCUT2D eigenvalue weighted by molar-refractivity contribution is 7.87. The normalized spacial score (nSPS) is 25.3. The van der Waals surface area contributed by atoms with Gasteiger partial charge in [0.15, 0.2) is 5.79 Å². The summed E-state index contributed by atoms with van der Waals surface area (Å²) in [7, 11) is -7.33. The van der Waals surface area contributed by atoms with E-state index in [4.69, 9.17) is 27.9 Å². The van der Waals surface area contributed by atoms with Gasteiger partial charge in [-0.2, -0.15) is 21.6 Å². The smallest absolute Gasteiger partial charge is 0.378 e. The van der Waals surface area contributed by atoms with E-state index in [2.05, 4.69) is 19.6 Å². The summed E-state index contributed by atoms with van der Waals surface area (Å²) in [6.45, 7) is 12.6. The molecule has 1 aliphatic heterocycles. The van der Waals surface area contributed by atoms with Crippen molar-refractivity contribution in [3.05, 3.63) is 58.9 Å². The Hall–Kier alpha value is -1.74. The molecule has 0 bridgehead atoms. The van der Waals surface area contributed by atoms with Crippen LogP contribution in [0, 0.1) is 11.3 Å². The largest absolute Gasteiger partial charge is 0.534 e. The SMILES string of the molecule is C/C(=C/COCc1ccccc1)CCCC1=C(OS(=O)(=O)C(F)(F)F)[C@@H](OCOCC[Si](C)(C)C)C[C@@]2(C)[C@H]1CCC21OCCO1. The summed E-state index contributed by atoms with van der Waals surface area (Å²) >= 11 is 0. The van der Waals surface area contributed by atoms with Gasteiger partial charge in [0.05, 0.1) is 26.4 Å². The summed E-state index contributed by atoms with van der Waals surface area (Å²) in [6.07, 6.45) is 3.69. The minimum absolute atomic E-state index is 0.166. The van der Waals surface area contributed by atoms with E-state index in [9.17, 15) is 21.6 Å². The van der Waals surface area contributed by atoms with E-state index in [1.54, 1.807) is 0 Å². The van der Waals surface area contributed by atoms with Crippen LogP contribution in [0.1, 0.15) is 57.9 Å². The fourth-order valence-electron chi connectivity index (χ4n) is 6.73. The average molecular weight is 691 g/mol. The van der Waals surface area contributed by atoms with Crippen molar-refractivity contribution in [3.8, 4) is 0 Å². The monoisotopic (exact) mass is 690 g/mol. The van der Waals surface area contributed by atoms with E-state index >= 15 is 0 Å². The molecule has 260 valence electrons. The maximum absolute atomic E-state index is 13.6. The second-order valence-electron chi connectivity index (χ2n) is 13.9. The van der Waals surface area contributed by atoms with Crippen molar-refractivity contribution in [3.63, 3.8) is 0 Å². The number of benzene rings is 1. The zero-order valence-corrected chi connectivity index (χ0v) is 29.4. The maximum Gasteiger partial charge on any atom is 0.534 e. The minimum atomic E-state index is -5.94. The fraction of sp³-hybridized carbons (Fsp3) is 0.697. The summed E-state index contributed by atoms with van der Waals surface area (Å²) in [5.74, 6) is -1.52. The summed E-state index contributed by atoms with van der Waals surface area (Å²) in [6, 6.07) is 10.7. The van der Waals surface area contributed by atoms with Gasteiger partial charge >= 0.3 is 15.6 Å². The Bertz CT molecular complexity index is 1320. The van der Waals surface area contributed by atoms with Crippen LogP contribution < -0.4 is 0 Å². The van der Waals surface area contributed by atoms with Gasteiger partial charge in [-0.25, -0.2) is 0 Å². The van der Waals surface area contributed by atoms with Crippen molar-refractivity contribution in [1.82, 2.24) is 0 Å². The number of hydrogen-bond acceptors (Lipinski definition) is 8. The zero-order chi connectivity index (χ0) is 33.6. The van der Waals surface area contributed by atoms with Gasteiger partial charge < -0.3 is 27.9 Å². The summed E-state index contributed by atoms with van der Waals surface area (Å²) < 4.78 is 101. The predicted molar refractivity (Wildman–Crippen MR) is 171 cm³/mol. The molecule has 1 aromatic carbocycles. The van der Waals surface area contributed by atoms with Crippen LogP contribution >= 0.6 is 0 Å². The predicted octanol–water partition coefficient (Wildman–Crippen LogP) is 7.70. The molecule has 3 atom stereocenters. The Kier molecular flexibility index (Phi) is 12.3. The molecule has 1 saturated heterocycles. The number of allylic oxidation sites excluding steroid dienone is 2. The standard InChI is InChI=1S/C33H49F3O8SSi/c1-25(15-17-39-23-26-11-7-6-8-12-26)10-9-13-27-28-14-16-32(42-18-19-43-32)31(28,2)22-29(41-24-40-20-21-46(3,4)5)30(27)44-45(37,38)33(34,35)36/h6-8,11-12,15,28-29H,9-10,13-14,16-24H2,1-5H3/b25-15-/t28-,29-,31-/m0/s1. The first-order valence-electron chi connectivity index (χ1n) is 16.1. The molecule has 3 aliphatic rings. The summed E-state index contributed by atoms with van der Waals surface area (Å²) in [4.78, 5) is 0. The van der Waals surface area contributed by atoms with E-state index in [0.717, 1.165) is 17.2 Å². The molecule has 8 nitrogen and oxygen atoms in total. The third kappa shape index (κ3) is 9.03. The number of fused-ring (bicyclic) bond motifs is 2. The molecule has 0 amide bonds. The molecule has 46 heavy (non-hydrogen) atoms. The van der Waals surface area contributed by atoms with Crippen LogP contribution in [-0.4, -0.2) is 67.1 Å². The number of alkyl halides is 3. The minimum Gasteiger partial charge on any atom is -0.378 e. The van der Waals surface area contributed by atoms with E-state index in [-0.39, 0.29) is 24.9 Å². The Balaban J connectivity index is 1.55. The van der Waals surface area contributed by atoms with E-state index < -0.39 is 41.0 Å². The lowest BCUT2D eigenvalue weighted by Gasteiger charge is -2.48. The highest BCUT2D eigenvalue weighted by Crippen LogP contribution is 2.63. The van der Waals surface area contributed by atoms with Crippen molar-refractivity contribution in [2.24, 2.45) is 11.3 Å². The molecule has 1 aromatic rings. The van der Waals surface area contributed by atoms with Crippen LogP contribution in [0.25, 0.3) is 0 Å². The van der Waals surface area contributed by atoms with E-state index in [1.165, 1.54) is 0 Å². The molecule has 1 spiro atoms. The van der Waals surface area contributed by atoms with Crippen LogP contribution in [0.15, 0.2) is 53.3 Å². The molecule has 0 radical (unpaired) electrons. The van der Waals surface area contributed by atoms with Gasteiger partial charge in [0.1, 0.15) is 18.7 Å². The van der Waals surface area contributed by atoms with Gasteiger partial charge in [-0.3, -0.25) is 0 Å². The third-order valence-electron chi connectivity index (χ3n) is 9.30. The van der Waals surface area contributed by atoms with Crippen LogP contribution in [0.2, 0.25) is 25.7 Å². The van der Waals surface area contributed by atoms with Gasteiger partial charge in [-0.1, -0.05) is 68.5 Å². The molecular weight excluding hydrogens is 642 g/mol. The highest BCUT2D eigenvalue weighted by Gasteiger charge is 2.65. The second-order valence-corrected chi connectivity index (χ2v) is 21.1. The zero-order valence-electron chi connectivity index (χ0n) is 27.6. The first-order valence-corrected chi connectivity index (χ1v) is 21.2. The first kappa shape index (κ1) is 37.1. The Morgan fingerprint density at radius 2 is 1.80 bits per heavy atom. The van der Waals surface area contributed by atoms with Crippen molar-refractivity contribution in [1.29, 1.82) is 0 Å². The number of hydrogen-bond donors (Lipinski definition) is 0. The van der Waals surface area contributed by atoms with E-state index in [0.29, 0.717) is 70.7 Å². The van der Waals surface area contributed by atoms with Gasteiger partial charge in [0, 0.05) is 26.5 Å². The lowest BCUT2D eigenvalue weighted by molar-refractivity contribution is -0.237. The van der Waals surface area contributed by atoms with Crippen molar-refractivity contribution in [2.75, 3.05) is 33.2 Å². The molecule has 1 saturated carbocycles. The molecule has 2 fully saturated rings. The average Bonchev–Trinajstić information content (AvgIpc) is 3.57. The van der Waals surface area contributed by atoms with Crippen LogP contribution in [0.4, 0.5) is 13.2 Å². The quantitative estimate of drug-likeness (QED) is 0.0436. The molecule has 0 aromatic heterocycles. The van der Waals surface area contributed by atoms with Crippen LogP contribution in [-0.2, 0) is 44.6 Å².